The van der Waals surface area contributed by atoms with Crippen LogP contribution >= 0.6 is 19.2 Å². The molecular formula is C34H38F2NO7PS. The zero-order valence-corrected chi connectivity index (χ0v) is 28.1. The molecule has 0 bridgehead atoms. The monoisotopic (exact) mass is 673 g/mol. The molecule has 12 heteroatoms. The minimum Gasteiger partial charge on any atom is -0.489 e. The van der Waals surface area contributed by atoms with Crippen LogP contribution in [0.3, 0.4) is 0 Å². The second-order valence-corrected chi connectivity index (χ2v) is 13.6. The second kappa shape index (κ2) is 15.0. The number of ether oxygens (including phenoxy) is 2. The fourth-order valence-electron chi connectivity index (χ4n) is 5.55. The molecule has 1 aliphatic heterocycles. The van der Waals surface area contributed by atoms with Crippen LogP contribution in [0.25, 0.3) is 10.1 Å². The summed E-state index contributed by atoms with van der Waals surface area (Å²) in [6.07, 6.45) is 1.42. The lowest BCUT2D eigenvalue weighted by atomic mass is 9.97. The number of carbonyl (C=O) groups excluding carboxylic acids is 1. The predicted molar refractivity (Wildman–Crippen MR) is 175 cm³/mol. The average molecular weight is 674 g/mol. The fourth-order valence-corrected chi connectivity index (χ4v) is 7.84. The zero-order valence-electron chi connectivity index (χ0n) is 26.3. The molecule has 1 aliphatic rings. The third kappa shape index (κ3) is 7.96. The van der Waals surface area contributed by atoms with E-state index in [4.69, 9.17) is 23.0 Å². The van der Waals surface area contributed by atoms with Crippen molar-refractivity contribution in [2.45, 2.75) is 46.6 Å². The average Bonchev–Trinajstić information content (AvgIpc) is 3.60. The van der Waals surface area contributed by atoms with Gasteiger partial charge in [0.1, 0.15) is 34.0 Å². The molecule has 46 heavy (non-hydrogen) atoms. The SMILES string of the molecule is CCOP(=O)(OCC)Oc1ccc2c(Oc3ccc(OC4CCN(CCCF)C4)cc3)c(C(=O)c3c(C)cc(F)cc3C)sc2c1. The molecule has 3 aromatic carbocycles. The number of alkyl halides is 1. The summed E-state index contributed by atoms with van der Waals surface area (Å²) < 4.78 is 69.1. The van der Waals surface area contributed by atoms with E-state index in [0.29, 0.717) is 55.3 Å². The summed E-state index contributed by atoms with van der Waals surface area (Å²) in [6, 6.07) is 14.9. The topological polar surface area (TPSA) is 83.5 Å². The number of hydrogen-bond donors (Lipinski definition) is 0. The van der Waals surface area contributed by atoms with Crippen LogP contribution in [0, 0.1) is 19.7 Å². The fraction of sp³-hybridized carbons (Fsp3) is 0.382. The van der Waals surface area contributed by atoms with Gasteiger partial charge in [0.15, 0.2) is 5.75 Å². The summed E-state index contributed by atoms with van der Waals surface area (Å²) in [5.74, 6) is 1.04. The molecule has 8 nitrogen and oxygen atoms in total. The quantitative estimate of drug-likeness (QED) is 0.0913. The standard InChI is InChI=1S/C34H38F2NO7PS/c1-5-40-45(39,41-6-2)44-27-12-13-29-30(20-27)46-34(32(38)31-22(3)18-24(36)19-23(31)4)33(29)43-26-10-8-25(9-11-26)42-28-14-17-37(21-28)16-7-15-35/h8-13,18-20,28H,5-7,14-17,21H2,1-4H3. The molecule has 0 N–H and O–H groups in total. The van der Waals surface area contributed by atoms with Gasteiger partial charge in [-0.15, -0.1) is 11.3 Å². The molecule has 5 rings (SSSR count). The molecule has 0 aliphatic carbocycles. The van der Waals surface area contributed by atoms with Gasteiger partial charge in [0.2, 0.25) is 5.78 Å². The van der Waals surface area contributed by atoms with Gasteiger partial charge >= 0.3 is 7.82 Å². The maximum absolute atomic E-state index is 14.1. The van der Waals surface area contributed by atoms with Crippen LogP contribution in [0.5, 0.6) is 23.0 Å². The summed E-state index contributed by atoms with van der Waals surface area (Å²) in [6.45, 7) is 9.08. The van der Waals surface area contributed by atoms with E-state index < -0.39 is 13.6 Å². The number of ketones is 1. The molecule has 0 spiro atoms. The van der Waals surface area contributed by atoms with Gasteiger partial charge in [-0.05, 0) is 106 Å². The summed E-state index contributed by atoms with van der Waals surface area (Å²) in [7, 11) is -3.85. The number of halogens is 2. The lowest BCUT2D eigenvalue weighted by Crippen LogP contribution is -2.26. The number of benzene rings is 3. The normalized spacial score (nSPS) is 15.4. The van der Waals surface area contributed by atoms with E-state index >= 15 is 0 Å². The molecule has 0 amide bonds. The zero-order chi connectivity index (χ0) is 32.8. The molecule has 0 saturated carbocycles. The molecule has 1 aromatic heterocycles. The highest BCUT2D eigenvalue weighted by atomic mass is 32.1. The number of nitrogens with zero attached hydrogens (tertiary/aromatic N) is 1. The molecule has 0 radical (unpaired) electrons. The lowest BCUT2D eigenvalue weighted by Gasteiger charge is -2.17. The van der Waals surface area contributed by atoms with E-state index in [0.717, 1.165) is 26.1 Å². The predicted octanol–water partition coefficient (Wildman–Crippen LogP) is 9.05. The Labute approximate surface area is 271 Å². The van der Waals surface area contributed by atoms with Crippen LogP contribution in [-0.4, -0.2) is 56.3 Å². The van der Waals surface area contributed by atoms with Crippen molar-refractivity contribution in [1.82, 2.24) is 4.90 Å². The molecule has 2 heterocycles. The third-order valence-corrected chi connectivity index (χ3v) is 10.2. The van der Waals surface area contributed by atoms with Gasteiger partial charge < -0.3 is 14.0 Å². The van der Waals surface area contributed by atoms with Crippen molar-refractivity contribution in [3.05, 3.63) is 82.0 Å². The van der Waals surface area contributed by atoms with E-state index in [1.807, 2.05) is 12.1 Å². The Morgan fingerprint density at radius 2 is 1.63 bits per heavy atom. The number of thiophene rings is 1. The Morgan fingerprint density at radius 3 is 2.28 bits per heavy atom. The first-order valence-electron chi connectivity index (χ1n) is 15.3. The molecule has 1 atom stereocenters. The molecule has 1 saturated heterocycles. The first kappa shape index (κ1) is 34.0. The van der Waals surface area contributed by atoms with Crippen molar-refractivity contribution >= 4 is 35.0 Å². The van der Waals surface area contributed by atoms with Crippen molar-refractivity contribution in [2.24, 2.45) is 0 Å². The van der Waals surface area contributed by atoms with Crippen LogP contribution in [0.2, 0.25) is 0 Å². The number of fused-ring (bicyclic) bond motifs is 1. The molecular weight excluding hydrogens is 635 g/mol. The van der Waals surface area contributed by atoms with Crippen molar-refractivity contribution in [3.8, 4) is 23.0 Å². The molecule has 1 fully saturated rings. The van der Waals surface area contributed by atoms with Gasteiger partial charge in [-0.3, -0.25) is 23.1 Å². The number of aryl methyl sites for hydroxylation is 2. The Balaban J connectivity index is 1.45. The summed E-state index contributed by atoms with van der Waals surface area (Å²) >= 11 is 1.19. The molecule has 246 valence electrons. The third-order valence-electron chi connectivity index (χ3n) is 7.52. The van der Waals surface area contributed by atoms with Gasteiger partial charge in [0, 0.05) is 35.3 Å². The van der Waals surface area contributed by atoms with E-state index in [1.165, 1.54) is 23.5 Å². The summed E-state index contributed by atoms with van der Waals surface area (Å²) in [4.78, 5) is 16.6. The summed E-state index contributed by atoms with van der Waals surface area (Å²) in [5, 5.41) is 0.639. The Kier molecular flexibility index (Phi) is 11.1. The lowest BCUT2D eigenvalue weighted by molar-refractivity contribution is 0.103. The van der Waals surface area contributed by atoms with Gasteiger partial charge in [0.05, 0.1) is 19.9 Å². The van der Waals surface area contributed by atoms with Crippen molar-refractivity contribution in [3.63, 3.8) is 0 Å². The van der Waals surface area contributed by atoms with Crippen molar-refractivity contribution in [2.75, 3.05) is 39.5 Å². The minimum absolute atomic E-state index is 0.0239. The highest BCUT2D eigenvalue weighted by Gasteiger charge is 2.29. The largest absolute Gasteiger partial charge is 0.530 e. The van der Waals surface area contributed by atoms with Crippen LogP contribution < -0.4 is 14.0 Å². The summed E-state index contributed by atoms with van der Waals surface area (Å²) in [5.41, 5.74) is 1.43. The van der Waals surface area contributed by atoms with Crippen LogP contribution in [0.1, 0.15) is 53.1 Å². The van der Waals surface area contributed by atoms with E-state index in [-0.39, 0.29) is 37.5 Å². The Bertz CT molecular complexity index is 1700. The Morgan fingerprint density at radius 1 is 0.978 bits per heavy atom. The van der Waals surface area contributed by atoms with E-state index in [1.54, 1.807) is 58.0 Å². The first-order chi connectivity index (χ1) is 22.1. The van der Waals surface area contributed by atoms with Gasteiger partial charge in [0.25, 0.3) is 0 Å². The Hall–Kier alpha value is -3.34. The number of likely N-dealkylation sites (tertiary alicyclic amines) is 1. The number of phosphoric ester groups is 1. The highest BCUT2D eigenvalue weighted by molar-refractivity contribution is 7.48. The number of phosphoric acid groups is 1. The van der Waals surface area contributed by atoms with Crippen LogP contribution in [0.15, 0.2) is 54.6 Å². The smallest absolute Gasteiger partial charge is 0.489 e. The molecule has 1 unspecified atom stereocenters. The number of hydrogen-bond acceptors (Lipinski definition) is 9. The van der Waals surface area contributed by atoms with E-state index in [9.17, 15) is 18.1 Å². The van der Waals surface area contributed by atoms with Gasteiger partial charge in [-0.1, -0.05) is 0 Å². The number of rotatable bonds is 15. The van der Waals surface area contributed by atoms with E-state index in [2.05, 4.69) is 4.90 Å². The van der Waals surface area contributed by atoms with Crippen molar-refractivity contribution in [1.29, 1.82) is 0 Å². The van der Waals surface area contributed by atoms with Gasteiger partial charge in [-0.25, -0.2) is 8.96 Å². The maximum atomic E-state index is 14.1. The van der Waals surface area contributed by atoms with Crippen molar-refractivity contribution < 1.29 is 41.2 Å². The number of carbonyl (C=O) groups is 1. The minimum atomic E-state index is -3.85. The molecule has 4 aromatic rings. The van der Waals surface area contributed by atoms with Crippen LogP contribution in [-0.2, 0) is 13.6 Å². The first-order valence-corrected chi connectivity index (χ1v) is 17.6. The highest BCUT2D eigenvalue weighted by Crippen LogP contribution is 2.51. The van der Waals surface area contributed by atoms with Crippen LogP contribution in [0.4, 0.5) is 8.78 Å². The van der Waals surface area contributed by atoms with Gasteiger partial charge in [-0.2, -0.15) is 0 Å². The second-order valence-electron chi connectivity index (χ2n) is 11.0. The maximum Gasteiger partial charge on any atom is 0.530 e.